The molecule has 1 aliphatic rings. The van der Waals surface area contributed by atoms with Crippen LogP contribution < -0.4 is 5.73 Å². The first-order valence-corrected chi connectivity index (χ1v) is 12.1. The van der Waals surface area contributed by atoms with Gasteiger partial charge in [0.25, 0.3) is 0 Å². The van der Waals surface area contributed by atoms with Gasteiger partial charge in [0.1, 0.15) is 5.75 Å². The normalized spacial score (nSPS) is 14.2. The van der Waals surface area contributed by atoms with E-state index in [4.69, 9.17) is 5.73 Å². The first kappa shape index (κ1) is 28.4. The minimum Gasteiger partial charge on any atom is -0.508 e. The van der Waals surface area contributed by atoms with Crippen LogP contribution in [0, 0.1) is 0 Å². The van der Waals surface area contributed by atoms with E-state index in [1.807, 2.05) is 38.7 Å². The predicted molar refractivity (Wildman–Crippen MR) is 138 cm³/mol. The summed E-state index contributed by atoms with van der Waals surface area (Å²) in [6.07, 6.45) is 5.13. The van der Waals surface area contributed by atoms with Crippen LogP contribution in [-0.4, -0.2) is 34.1 Å². The van der Waals surface area contributed by atoms with Gasteiger partial charge in [-0.1, -0.05) is 64.1 Å². The number of rotatable bonds is 5. The van der Waals surface area contributed by atoms with E-state index in [2.05, 4.69) is 18.2 Å². The van der Waals surface area contributed by atoms with Crippen molar-refractivity contribution < 1.29 is 15.0 Å². The maximum absolute atomic E-state index is 12.5. The lowest BCUT2D eigenvalue weighted by Gasteiger charge is -2.31. The van der Waals surface area contributed by atoms with Crippen LogP contribution in [0.2, 0.25) is 0 Å². The average molecular weight is 455 g/mol. The Balaban J connectivity index is 0.00000129. The number of likely N-dealkylation sites (tertiary alicyclic amines) is 1. The Hall–Kier alpha value is -2.63. The smallest absolute Gasteiger partial charge is 0.246 e. The fourth-order valence-electron chi connectivity index (χ4n) is 3.85. The molecule has 2 aromatic carbocycles. The van der Waals surface area contributed by atoms with Crippen LogP contribution >= 0.6 is 0 Å². The molecule has 3 rings (SSSR count). The van der Waals surface area contributed by atoms with Crippen LogP contribution in [0.1, 0.15) is 82.6 Å². The minimum atomic E-state index is -1.11. The molecule has 0 saturated carbocycles. The quantitative estimate of drug-likeness (QED) is 0.517. The van der Waals surface area contributed by atoms with E-state index >= 15 is 0 Å². The molecule has 182 valence electrons. The molecule has 0 atom stereocenters. The van der Waals surface area contributed by atoms with E-state index in [1.165, 1.54) is 5.56 Å². The van der Waals surface area contributed by atoms with Gasteiger partial charge in [-0.3, -0.25) is 4.79 Å². The van der Waals surface area contributed by atoms with E-state index in [0.717, 1.165) is 37.1 Å². The van der Waals surface area contributed by atoms with Crippen molar-refractivity contribution in [2.24, 2.45) is 5.73 Å². The highest BCUT2D eigenvalue weighted by atomic mass is 16.3. The number of hydrogen-bond donors (Lipinski definition) is 3. The highest BCUT2D eigenvalue weighted by molar-refractivity contribution is 5.91. The molecule has 4 N–H and O–H groups in total. The molecular formula is C28H42N2O3. The van der Waals surface area contributed by atoms with Crippen molar-refractivity contribution in [3.63, 3.8) is 0 Å². The Labute approximate surface area is 199 Å². The highest BCUT2D eigenvalue weighted by Gasteiger charge is 2.23. The molecule has 1 heterocycles. The number of benzene rings is 2. The molecule has 1 fully saturated rings. The van der Waals surface area contributed by atoms with E-state index in [1.54, 1.807) is 44.2 Å². The number of aliphatic hydroxyl groups is 1. The summed E-state index contributed by atoms with van der Waals surface area (Å²) in [5, 5.41) is 20.2. The lowest BCUT2D eigenvalue weighted by atomic mass is 9.88. The summed E-state index contributed by atoms with van der Waals surface area (Å²) in [5.41, 5.74) is 8.25. The molecule has 1 amide bonds. The Morgan fingerprint density at radius 3 is 2.27 bits per heavy atom. The number of hydrogen-bond acceptors (Lipinski definition) is 4. The van der Waals surface area contributed by atoms with E-state index < -0.39 is 5.60 Å². The van der Waals surface area contributed by atoms with Gasteiger partial charge >= 0.3 is 0 Å². The van der Waals surface area contributed by atoms with Crippen LogP contribution in [0.4, 0.5) is 0 Å². The topological polar surface area (TPSA) is 86.8 Å². The summed E-state index contributed by atoms with van der Waals surface area (Å²) in [5.74, 6) is 0.457. The Bertz CT molecular complexity index is 892. The molecule has 5 nitrogen and oxygen atoms in total. The van der Waals surface area contributed by atoms with Crippen LogP contribution in [0.25, 0.3) is 6.08 Å². The largest absolute Gasteiger partial charge is 0.508 e. The molecule has 0 unspecified atom stereocenters. The average Bonchev–Trinajstić information content (AvgIpc) is 2.84. The van der Waals surface area contributed by atoms with Gasteiger partial charge < -0.3 is 20.8 Å². The summed E-state index contributed by atoms with van der Waals surface area (Å²) in [7, 11) is 0. The fraction of sp³-hybridized carbons (Fsp3) is 0.464. The monoisotopic (exact) mass is 454 g/mol. The van der Waals surface area contributed by atoms with Crippen molar-refractivity contribution in [3.8, 4) is 5.75 Å². The van der Waals surface area contributed by atoms with Gasteiger partial charge in [0.05, 0.1) is 5.60 Å². The Kier molecular flexibility index (Phi) is 11.9. The van der Waals surface area contributed by atoms with Crippen LogP contribution in [0.15, 0.2) is 48.5 Å². The summed E-state index contributed by atoms with van der Waals surface area (Å²) in [6, 6.07) is 13.4. The third-order valence-corrected chi connectivity index (χ3v) is 5.56. The summed E-state index contributed by atoms with van der Waals surface area (Å²) >= 11 is 0. The number of amides is 1. The van der Waals surface area contributed by atoms with E-state index in [0.29, 0.717) is 18.0 Å². The van der Waals surface area contributed by atoms with Crippen molar-refractivity contribution in [3.05, 3.63) is 70.8 Å². The highest BCUT2D eigenvalue weighted by Crippen LogP contribution is 2.30. The lowest BCUT2D eigenvalue weighted by molar-refractivity contribution is -0.126. The third-order valence-electron chi connectivity index (χ3n) is 5.56. The van der Waals surface area contributed by atoms with Crippen molar-refractivity contribution >= 4 is 12.0 Å². The zero-order chi connectivity index (χ0) is 25.0. The number of phenols is 1. The SMILES string of the molecule is CC.CC.CC(C)(O)c1ccc(/C=C/C(=O)N2CCC(c3cccc(CN)c3)CC2)cc1O. The van der Waals surface area contributed by atoms with E-state index in [-0.39, 0.29) is 11.7 Å². The summed E-state index contributed by atoms with van der Waals surface area (Å²) in [4.78, 5) is 14.4. The number of phenolic OH excluding ortho intramolecular Hbond substituents is 1. The molecule has 0 radical (unpaired) electrons. The number of nitrogens with two attached hydrogens (primary N) is 1. The van der Waals surface area contributed by atoms with Crippen LogP contribution in [0.3, 0.4) is 0 Å². The van der Waals surface area contributed by atoms with Gasteiger partial charge in [-0.05, 0) is 61.4 Å². The minimum absolute atomic E-state index is 0.0209. The van der Waals surface area contributed by atoms with Gasteiger partial charge in [0.15, 0.2) is 0 Å². The zero-order valence-corrected chi connectivity index (χ0v) is 21.1. The second-order valence-electron chi connectivity index (χ2n) is 8.22. The number of piperidine rings is 1. The summed E-state index contributed by atoms with van der Waals surface area (Å²) in [6.45, 7) is 13.2. The van der Waals surface area contributed by atoms with Gasteiger partial charge in [0, 0.05) is 31.3 Å². The van der Waals surface area contributed by atoms with E-state index in [9.17, 15) is 15.0 Å². The van der Waals surface area contributed by atoms with Crippen molar-refractivity contribution in [1.82, 2.24) is 4.90 Å². The molecule has 0 spiro atoms. The first-order valence-electron chi connectivity index (χ1n) is 12.1. The van der Waals surface area contributed by atoms with Crippen molar-refractivity contribution in [2.75, 3.05) is 13.1 Å². The summed E-state index contributed by atoms with van der Waals surface area (Å²) < 4.78 is 0. The number of aromatic hydroxyl groups is 1. The lowest BCUT2D eigenvalue weighted by Crippen LogP contribution is -2.36. The number of carbonyl (C=O) groups is 1. The van der Waals surface area contributed by atoms with Gasteiger partial charge in [-0.25, -0.2) is 0 Å². The van der Waals surface area contributed by atoms with Gasteiger partial charge in [-0.2, -0.15) is 0 Å². The standard InChI is InChI=1S/C24H30N2O3.2C2H6/c1-24(2,29)21-8-6-17(15-22(21)27)7-9-23(28)26-12-10-19(11-13-26)20-5-3-4-18(14-20)16-25;2*1-2/h3-9,14-15,19,27,29H,10-13,16,25H2,1-2H3;2*1-2H3/b9-7+;;. The molecule has 0 aliphatic carbocycles. The number of carbonyl (C=O) groups excluding carboxylic acids is 1. The van der Waals surface area contributed by atoms with Gasteiger partial charge in [-0.15, -0.1) is 0 Å². The number of nitrogens with zero attached hydrogens (tertiary/aromatic N) is 1. The molecule has 0 bridgehead atoms. The molecule has 5 heteroatoms. The third kappa shape index (κ3) is 8.34. The Morgan fingerprint density at radius 2 is 1.73 bits per heavy atom. The molecule has 0 aromatic heterocycles. The maximum atomic E-state index is 12.5. The van der Waals surface area contributed by atoms with Crippen LogP contribution in [-0.2, 0) is 16.9 Å². The van der Waals surface area contributed by atoms with Gasteiger partial charge in [0.2, 0.25) is 5.91 Å². The van der Waals surface area contributed by atoms with Crippen molar-refractivity contribution in [1.29, 1.82) is 0 Å². The molecule has 1 aliphatic heterocycles. The van der Waals surface area contributed by atoms with Crippen molar-refractivity contribution in [2.45, 2.75) is 72.4 Å². The van der Waals surface area contributed by atoms with Crippen LogP contribution in [0.5, 0.6) is 5.75 Å². The molecular weight excluding hydrogens is 412 g/mol. The Morgan fingerprint density at radius 1 is 1.09 bits per heavy atom. The molecule has 33 heavy (non-hydrogen) atoms. The second kappa shape index (κ2) is 13.8. The second-order valence-corrected chi connectivity index (χ2v) is 8.22. The predicted octanol–water partition coefficient (Wildman–Crippen LogP) is 5.55. The first-order chi connectivity index (χ1) is 15.8. The maximum Gasteiger partial charge on any atom is 0.246 e. The zero-order valence-electron chi connectivity index (χ0n) is 21.1. The molecule has 1 saturated heterocycles. The molecule has 2 aromatic rings. The fourth-order valence-corrected chi connectivity index (χ4v) is 3.85.